The number of aromatic nitrogens is 1. The first kappa shape index (κ1) is 20.0. The molecule has 1 aromatic carbocycles. The summed E-state index contributed by atoms with van der Waals surface area (Å²) in [6.45, 7) is 8.67. The largest absolute Gasteiger partial charge is 0.493 e. The summed E-state index contributed by atoms with van der Waals surface area (Å²) in [5.41, 5.74) is 2.36. The Kier molecular flexibility index (Phi) is 6.32. The molecule has 5 rings (SSSR count). The van der Waals surface area contributed by atoms with Crippen LogP contribution in [0, 0.1) is 5.92 Å². The highest BCUT2D eigenvalue weighted by Gasteiger charge is 2.38. The average Bonchev–Trinajstić information content (AvgIpc) is 3.33. The second-order valence-electron chi connectivity index (χ2n) is 8.71. The Bertz CT molecular complexity index is 776. The Balaban J connectivity index is 1.10. The summed E-state index contributed by atoms with van der Waals surface area (Å²) in [6.07, 6.45) is 4.02. The number of piperidine rings is 1. The van der Waals surface area contributed by atoms with Gasteiger partial charge in [-0.2, -0.15) is 0 Å². The van der Waals surface area contributed by atoms with Crippen LogP contribution >= 0.6 is 0 Å². The summed E-state index contributed by atoms with van der Waals surface area (Å²) < 4.78 is 16.7. The first-order chi connectivity index (χ1) is 14.8. The Labute approximate surface area is 178 Å². The van der Waals surface area contributed by atoms with Crippen LogP contribution in [-0.2, 0) is 11.3 Å². The van der Waals surface area contributed by atoms with Crippen molar-refractivity contribution in [3.05, 3.63) is 47.9 Å². The molecule has 3 fully saturated rings. The van der Waals surface area contributed by atoms with E-state index in [0.717, 1.165) is 77.0 Å². The number of nitrogens with zero attached hydrogens (tertiary/aromatic N) is 3. The first-order valence-electron chi connectivity index (χ1n) is 11.2. The quantitative estimate of drug-likeness (QED) is 0.781. The molecule has 3 saturated heterocycles. The molecule has 0 spiro atoms. The standard InChI is InChI=1S/C23H32N4O3/c1-4-20(5-2-18(1)15-26-10-13-28-14-11-26)29-17-19-3-6-22-23(21-7-12-30-25-21)24-8-9-27(22)16-19/h1-2,4-5,7,12,19,22-24H,3,6,8-11,13-17H2. The Morgan fingerprint density at radius 2 is 1.93 bits per heavy atom. The minimum Gasteiger partial charge on any atom is -0.493 e. The zero-order chi connectivity index (χ0) is 20.2. The number of hydrogen-bond acceptors (Lipinski definition) is 7. The maximum Gasteiger partial charge on any atom is 0.124 e. The van der Waals surface area contributed by atoms with Crippen LogP contribution in [0.5, 0.6) is 5.75 Å². The van der Waals surface area contributed by atoms with Crippen LogP contribution < -0.4 is 10.1 Å². The zero-order valence-electron chi connectivity index (χ0n) is 17.5. The molecule has 7 heteroatoms. The fourth-order valence-electron chi connectivity index (χ4n) is 5.02. The molecule has 0 radical (unpaired) electrons. The van der Waals surface area contributed by atoms with Crippen molar-refractivity contribution < 1.29 is 14.0 Å². The molecule has 3 aliphatic rings. The fraction of sp³-hybridized carbons (Fsp3) is 0.609. The molecule has 0 bridgehead atoms. The molecule has 162 valence electrons. The normalized spacial score (nSPS) is 28.2. The van der Waals surface area contributed by atoms with Crippen LogP contribution in [0.3, 0.4) is 0 Å². The van der Waals surface area contributed by atoms with Gasteiger partial charge >= 0.3 is 0 Å². The molecule has 30 heavy (non-hydrogen) atoms. The van der Waals surface area contributed by atoms with Gasteiger partial charge in [-0.3, -0.25) is 9.80 Å². The van der Waals surface area contributed by atoms with Gasteiger partial charge in [-0.1, -0.05) is 17.3 Å². The van der Waals surface area contributed by atoms with Crippen molar-refractivity contribution in [2.24, 2.45) is 5.92 Å². The summed E-state index contributed by atoms with van der Waals surface area (Å²) in [7, 11) is 0. The minimum atomic E-state index is 0.276. The number of piperazine rings is 1. The van der Waals surface area contributed by atoms with Gasteiger partial charge in [-0.25, -0.2) is 0 Å². The van der Waals surface area contributed by atoms with E-state index >= 15 is 0 Å². The number of hydrogen-bond donors (Lipinski definition) is 1. The lowest BCUT2D eigenvalue weighted by Gasteiger charge is -2.46. The van der Waals surface area contributed by atoms with Crippen molar-refractivity contribution in [1.82, 2.24) is 20.3 Å². The van der Waals surface area contributed by atoms with Gasteiger partial charge in [0.15, 0.2) is 0 Å². The van der Waals surface area contributed by atoms with Crippen molar-refractivity contribution in [2.75, 3.05) is 52.5 Å². The molecular formula is C23H32N4O3. The van der Waals surface area contributed by atoms with Crippen molar-refractivity contribution in [3.8, 4) is 5.75 Å². The molecule has 0 aliphatic carbocycles. The van der Waals surface area contributed by atoms with Crippen molar-refractivity contribution in [1.29, 1.82) is 0 Å². The van der Waals surface area contributed by atoms with Gasteiger partial charge < -0.3 is 19.3 Å². The predicted octanol–water partition coefficient (Wildman–Crippen LogP) is 2.31. The summed E-state index contributed by atoms with van der Waals surface area (Å²) in [5, 5.41) is 7.79. The highest BCUT2D eigenvalue weighted by Crippen LogP contribution is 2.32. The van der Waals surface area contributed by atoms with Crippen molar-refractivity contribution in [2.45, 2.75) is 31.5 Å². The molecule has 0 saturated carbocycles. The number of nitrogens with one attached hydrogen (secondary N) is 1. The smallest absolute Gasteiger partial charge is 0.124 e. The van der Waals surface area contributed by atoms with Crippen LogP contribution in [0.25, 0.3) is 0 Å². The van der Waals surface area contributed by atoms with E-state index in [0.29, 0.717) is 12.0 Å². The van der Waals surface area contributed by atoms with Crippen LogP contribution in [0.15, 0.2) is 41.1 Å². The van der Waals surface area contributed by atoms with E-state index in [2.05, 4.69) is 44.5 Å². The molecule has 2 aromatic rings. The summed E-state index contributed by atoms with van der Waals surface area (Å²) in [5.74, 6) is 1.55. The molecule has 4 heterocycles. The highest BCUT2D eigenvalue weighted by molar-refractivity contribution is 5.27. The Hall–Kier alpha value is -1.93. The van der Waals surface area contributed by atoms with E-state index in [-0.39, 0.29) is 6.04 Å². The highest BCUT2D eigenvalue weighted by atomic mass is 16.5. The van der Waals surface area contributed by atoms with Gasteiger partial charge in [0.1, 0.15) is 17.7 Å². The van der Waals surface area contributed by atoms with Crippen LogP contribution in [-0.4, -0.2) is 73.5 Å². The minimum absolute atomic E-state index is 0.276. The third-order valence-corrected chi connectivity index (χ3v) is 6.68. The summed E-state index contributed by atoms with van der Waals surface area (Å²) >= 11 is 0. The maximum absolute atomic E-state index is 6.17. The van der Waals surface area contributed by atoms with E-state index in [1.807, 2.05) is 6.07 Å². The van der Waals surface area contributed by atoms with Gasteiger partial charge in [0.05, 0.1) is 25.9 Å². The predicted molar refractivity (Wildman–Crippen MR) is 113 cm³/mol. The van der Waals surface area contributed by atoms with E-state index in [1.54, 1.807) is 6.26 Å². The van der Waals surface area contributed by atoms with Crippen LogP contribution in [0.2, 0.25) is 0 Å². The first-order valence-corrected chi connectivity index (χ1v) is 11.2. The number of benzene rings is 1. The van der Waals surface area contributed by atoms with Crippen molar-refractivity contribution in [3.63, 3.8) is 0 Å². The van der Waals surface area contributed by atoms with E-state index < -0.39 is 0 Å². The molecule has 3 atom stereocenters. The van der Waals surface area contributed by atoms with E-state index in [4.69, 9.17) is 14.0 Å². The van der Waals surface area contributed by atoms with Gasteiger partial charge in [-0.05, 0) is 30.5 Å². The second-order valence-corrected chi connectivity index (χ2v) is 8.71. The summed E-state index contributed by atoms with van der Waals surface area (Å²) in [6, 6.07) is 11.4. The zero-order valence-corrected chi connectivity index (χ0v) is 17.5. The summed E-state index contributed by atoms with van der Waals surface area (Å²) in [4.78, 5) is 5.05. The third-order valence-electron chi connectivity index (χ3n) is 6.68. The lowest BCUT2D eigenvalue weighted by atomic mass is 9.87. The fourth-order valence-corrected chi connectivity index (χ4v) is 5.02. The molecule has 1 aromatic heterocycles. The number of rotatable bonds is 6. The van der Waals surface area contributed by atoms with Crippen LogP contribution in [0.4, 0.5) is 0 Å². The monoisotopic (exact) mass is 412 g/mol. The molecule has 7 nitrogen and oxygen atoms in total. The van der Waals surface area contributed by atoms with Crippen molar-refractivity contribution >= 4 is 0 Å². The Morgan fingerprint density at radius 3 is 2.73 bits per heavy atom. The lowest BCUT2D eigenvalue weighted by molar-refractivity contribution is 0.0341. The third kappa shape index (κ3) is 4.70. The molecule has 3 unspecified atom stereocenters. The number of ether oxygens (including phenoxy) is 2. The second kappa shape index (κ2) is 9.47. The molecule has 0 amide bonds. The SMILES string of the molecule is c1cc(C2NCCN3CC(COc4ccc(CN5CCOCC5)cc4)CCC23)no1. The maximum atomic E-state index is 6.17. The van der Waals surface area contributed by atoms with Gasteiger partial charge in [0.25, 0.3) is 0 Å². The topological polar surface area (TPSA) is 63.0 Å². The molecule has 3 aliphatic heterocycles. The van der Waals surface area contributed by atoms with Gasteiger partial charge in [-0.15, -0.1) is 0 Å². The number of fused-ring (bicyclic) bond motifs is 1. The lowest BCUT2D eigenvalue weighted by Crippen LogP contribution is -2.57. The van der Waals surface area contributed by atoms with E-state index in [9.17, 15) is 0 Å². The van der Waals surface area contributed by atoms with Gasteiger partial charge in [0, 0.05) is 57.3 Å². The van der Waals surface area contributed by atoms with E-state index in [1.165, 1.54) is 12.0 Å². The number of morpholine rings is 1. The Morgan fingerprint density at radius 1 is 1.07 bits per heavy atom. The van der Waals surface area contributed by atoms with Gasteiger partial charge in [0.2, 0.25) is 0 Å². The van der Waals surface area contributed by atoms with Crippen LogP contribution in [0.1, 0.15) is 30.1 Å². The molecule has 1 N–H and O–H groups in total. The average molecular weight is 413 g/mol. The molecular weight excluding hydrogens is 380 g/mol.